The van der Waals surface area contributed by atoms with Gasteiger partial charge in [0, 0.05) is 10.6 Å². The summed E-state index contributed by atoms with van der Waals surface area (Å²) in [6, 6.07) is 18.6. The van der Waals surface area contributed by atoms with Crippen LogP contribution in [0.1, 0.15) is 15.9 Å². The number of rotatable bonds is 6. The van der Waals surface area contributed by atoms with E-state index >= 15 is 0 Å². The highest BCUT2D eigenvalue weighted by molar-refractivity contribution is 7.92. The number of hydrogen-bond donors (Lipinski definition) is 3. The van der Waals surface area contributed by atoms with Crippen LogP contribution in [-0.2, 0) is 21.2 Å². The van der Waals surface area contributed by atoms with E-state index in [9.17, 15) is 18.0 Å². The molecule has 0 aliphatic rings. The lowest BCUT2D eigenvalue weighted by Crippen LogP contribution is -2.42. The van der Waals surface area contributed by atoms with Crippen LogP contribution in [0.15, 0.2) is 77.7 Å². The fraction of sp³-hybridized carbons (Fsp3) is 0.0476. The maximum absolute atomic E-state index is 12.6. The molecule has 0 aliphatic carbocycles. The van der Waals surface area contributed by atoms with E-state index in [4.69, 9.17) is 23.2 Å². The van der Waals surface area contributed by atoms with Crippen LogP contribution < -0.4 is 15.6 Å². The Morgan fingerprint density at radius 1 is 0.806 bits per heavy atom. The number of sulfonamides is 1. The molecule has 10 heteroatoms. The van der Waals surface area contributed by atoms with Gasteiger partial charge in [-0.1, -0.05) is 59.6 Å². The maximum atomic E-state index is 12.6. The predicted octanol–water partition coefficient (Wildman–Crippen LogP) is 3.80. The van der Waals surface area contributed by atoms with Crippen LogP contribution >= 0.6 is 23.2 Å². The summed E-state index contributed by atoms with van der Waals surface area (Å²) in [6.45, 7) is 0. The third-order valence-electron chi connectivity index (χ3n) is 4.15. The number of carbonyl (C=O) groups is 2. The van der Waals surface area contributed by atoms with Crippen LogP contribution in [0.25, 0.3) is 0 Å². The second kappa shape index (κ2) is 9.82. The van der Waals surface area contributed by atoms with Gasteiger partial charge in [0.25, 0.3) is 15.9 Å². The van der Waals surface area contributed by atoms with Crippen molar-refractivity contribution in [1.29, 1.82) is 0 Å². The minimum Gasteiger partial charge on any atom is -0.278 e. The zero-order valence-electron chi connectivity index (χ0n) is 15.9. The molecule has 3 aromatic rings. The first-order valence-electron chi connectivity index (χ1n) is 8.96. The smallest absolute Gasteiger partial charge is 0.269 e. The molecule has 0 atom stereocenters. The van der Waals surface area contributed by atoms with Gasteiger partial charge in [-0.3, -0.25) is 25.2 Å². The van der Waals surface area contributed by atoms with E-state index in [1.807, 2.05) is 0 Å². The first-order valence-corrected chi connectivity index (χ1v) is 11.2. The summed E-state index contributed by atoms with van der Waals surface area (Å²) < 4.78 is 27.7. The number of amides is 2. The Labute approximate surface area is 189 Å². The number of benzene rings is 3. The average Bonchev–Trinajstić information content (AvgIpc) is 2.75. The second-order valence-corrected chi connectivity index (χ2v) is 8.88. The quantitative estimate of drug-likeness (QED) is 0.469. The molecule has 3 N–H and O–H groups in total. The molecule has 0 aromatic heterocycles. The number of hydrogen-bond acceptors (Lipinski definition) is 4. The molecule has 0 unspecified atom stereocenters. The summed E-state index contributed by atoms with van der Waals surface area (Å²) in [5.74, 6) is -1.16. The van der Waals surface area contributed by atoms with Crippen molar-refractivity contribution in [1.82, 2.24) is 10.9 Å². The largest absolute Gasteiger partial charge is 0.278 e. The molecule has 0 saturated heterocycles. The summed E-state index contributed by atoms with van der Waals surface area (Å²) in [5, 5.41) is 0.675. The van der Waals surface area contributed by atoms with Crippen LogP contribution in [0.5, 0.6) is 0 Å². The first-order chi connectivity index (χ1) is 14.8. The molecule has 0 radical (unpaired) electrons. The summed E-state index contributed by atoms with van der Waals surface area (Å²) in [4.78, 5) is 24.3. The topological polar surface area (TPSA) is 104 Å². The van der Waals surface area contributed by atoms with Crippen molar-refractivity contribution in [2.45, 2.75) is 11.3 Å². The third kappa shape index (κ3) is 5.97. The molecule has 0 bridgehead atoms. The van der Waals surface area contributed by atoms with Gasteiger partial charge in [0.15, 0.2) is 0 Å². The molecule has 3 rings (SSSR count). The van der Waals surface area contributed by atoms with Crippen molar-refractivity contribution < 1.29 is 18.0 Å². The number of carbonyl (C=O) groups excluding carboxylic acids is 2. The summed E-state index contributed by atoms with van der Waals surface area (Å²) in [6.07, 6.45) is -0.0316. The van der Waals surface area contributed by atoms with Gasteiger partial charge in [-0.15, -0.1) is 0 Å². The Morgan fingerprint density at radius 2 is 1.48 bits per heavy atom. The van der Waals surface area contributed by atoms with E-state index in [-0.39, 0.29) is 27.6 Å². The average molecular weight is 478 g/mol. The number of nitrogens with one attached hydrogen (secondary N) is 3. The third-order valence-corrected chi connectivity index (χ3v) is 6.21. The Morgan fingerprint density at radius 3 is 2.19 bits per heavy atom. The molecule has 3 aromatic carbocycles. The summed E-state index contributed by atoms with van der Waals surface area (Å²) >= 11 is 12.0. The molecule has 160 valence electrons. The van der Waals surface area contributed by atoms with Gasteiger partial charge in [-0.05, 0) is 42.0 Å². The predicted molar refractivity (Wildman–Crippen MR) is 119 cm³/mol. The maximum Gasteiger partial charge on any atom is 0.269 e. The molecule has 0 heterocycles. The van der Waals surface area contributed by atoms with E-state index in [0.29, 0.717) is 10.6 Å². The van der Waals surface area contributed by atoms with Gasteiger partial charge < -0.3 is 0 Å². The lowest BCUT2D eigenvalue weighted by Gasteiger charge is -2.11. The van der Waals surface area contributed by atoms with E-state index in [0.717, 1.165) is 0 Å². The van der Waals surface area contributed by atoms with Crippen molar-refractivity contribution in [3.63, 3.8) is 0 Å². The van der Waals surface area contributed by atoms with E-state index in [1.54, 1.807) is 42.5 Å². The fourth-order valence-electron chi connectivity index (χ4n) is 2.61. The van der Waals surface area contributed by atoms with Crippen LogP contribution in [-0.4, -0.2) is 20.2 Å². The molecule has 0 saturated carbocycles. The summed E-state index contributed by atoms with van der Waals surface area (Å²) in [7, 11) is -3.99. The minimum atomic E-state index is -3.99. The van der Waals surface area contributed by atoms with Crippen molar-refractivity contribution in [2.24, 2.45) is 0 Å². The molecule has 2 amide bonds. The molecular formula is C21H17Cl2N3O4S. The molecule has 31 heavy (non-hydrogen) atoms. The normalized spacial score (nSPS) is 10.9. The van der Waals surface area contributed by atoms with Crippen LogP contribution in [0.4, 0.5) is 5.69 Å². The van der Waals surface area contributed by atoms with Crippen LogP contribution in [0, 0.1) is 0 Å². The van der Waals surface area contributed by atoms with Crippen LogP contribution in [0.2, 0.25) is 10.0 Å². The number of hydrazine groups is 1. The van der Waals surface area contributed by atoms with Crippen molar-refractivity contribution in [3.05, 3.63) is 94.0 Å². The molecule has 0 fully saturated rings. The Hall–Kier alpha value is -3.07. The zero-order chi connectivity index (χ0) is 22.4. The highest BCUT2D eigenvalue weighted by atomic mass is 35.5. The second-order valence-electron chi connectivity index (χ2n) is 6.38. The van der Waals surface area contributed by atoms with E-state index < -0.39 is 21.8 Å². The fourth-order valence-corrected chi connectivity index (χ4v) is 4.18. The van der Waals surface area contributed by atoms with Crippen LogP contribution in [0.3, 0.4) is 0 Å². The van der Waals surface area contributed by atoms with Crippen molar-refractivity contribution in [3.8, 4) is 0 Å². The monoisotopic (exact) mass is 477 g/mol. The summed E-state index contributed by atoms with van der Waals surface area (Å²) in [5.41, 5.74) is 5.40. The SMILES string of the molecule is O=C(Cc1ccccc1Cl)NNC(=O)c1cccc(S(=O)(=O)Nc2ccccc2Cl)c1. The van der Waals surface area contributed by atoms with Crippen molar-refractivity contribution >= 4 is 50.7 Å². The lowest BCUT2D eigenvalue weighted by atomic mass is 10.1. The van der Waals surface area contributed by atoms with Gasteiger partial charge in [-0.25, -0.2) is 8.42 Å². The zero-order valence-corrected chi connectivity index (χ0v) is 18.3. The van der Waals surface area contributed by atoms with Gasteiger partial charge in [0.1, 0.15) is 0 Å². The molecule has 0 spiro atoms. The van der Waals surface area contributed by atoms with Gasteiger partial charge >= 0.3 is 0 Å². The molecular weight excluding hydrogens is 461 g/mol. The standard InChI is InChI=1S/C21H17Cl2N3O4S/c22-17-9-2-1-6-14(17)13-20(27)24-25-21(28)15-7-5-8-16(12-15)31(29,30)26-19-11-4-3-10-18(19)23/h1-12,26H,13H2,(H,24,27)(H,25,28). The van der Waals surface area contributed by atoms with E-state index in [2.05, 4.69) is 15.6 Å². The highest BCUT2D eigenvalue weighted by Gasteiger charge is 2.18. The van der Waals surface area contributed by atoms with Gasteiger partial charge in [-0.2, -0.15) is 0 Å². The van der Waals surface area contributed by atoms with Gasteiger partial charge in [0.2, 0.25) is 5.91 Å². The van der Waals surface area contributed by atoms with Crippen molar-refractivity contribution in [2.75, 3.05) is 4.72 Å². The Balaban J connectivity index is 1.66. The molecule has 0 aliphatic heterocycles. The number of anilines is 1. The Kier molecular flexibility index (Phi) is 7.17. The van der Waals surface area contributed by atoms with E-state index in [1.165, 1.54) is 30.3 Å². The molecule has 7 nitrogen and oxygen atoms in total. The Bertz CT molecular complexity index is 1230. The first kappa shape index (κ1) is 22.6. The number of para-hydroxylation sites is 1. The number of halogens is 2. The lowest BCUT2D eigenvalue weighted by molar-refractivity contribution is -0.121. The highest BCUT2D eigenvalue weighted by Crippen LogP contribution is 2.24. The van der Waals surface area contributed by atoms with Gasteiger partial charge in [0.05, 0.1) is 22.0 Å². The minimum absolute atomic E-state index is 0.0316.